The molecular formula is C15H24N2O2S. The summed E-state index contributed by atoms with van der Waals surface area (Å²) >= 11 is 0. The van der Waals surface area contributed by atoms with Gasteiger partial charge in [-0.2, -0.15) is 0 Å². The Morgan fingerprint density at radius 2 is 2.00 bits per heavy atom. The van der Waals surface area contributed by atoms with Crippen LogP contribution in [-0.4, -0.2) is 21.0 Å². The normalized spacial score (nSPS) is 17.7. The lowest BCUT2D eigenvalue weighted by Gasteiger charge is -2.31. The fraction of sp³-hybridized carbons (Fsp3) is 0.600. The van der Waals surface area contributed by atoms with Gasteiger partial charge in [0.1, 0.15) is 0 Å². The van der Waals surface area contributed by atoms with Crippen molar-refractivity contribution in [1.82, 2.24) is 10.0 Å². The van der Waals surface area contributed by atoms with Crippen molar-refractivity contribution in [3.63, 3.8) is 0 Å². The van der Waals surface area contributed by atoms with Crippen LogP contribution in [0, 0.1) is 5.92 Å². The third kappa shape index (κ3) is 3.59. The number of hydrogen-bond donors (Lipinski definition) is 2. The van der Waals surface area contributed by atoms with E-state index >= 15 is 0 Å². The summed E-state index contributed by atoms with van der Waals surface area (Å²) in [6.07, 6.45) is 3.47. The van der Waals surface area contributed by atoms with E-state index in [0.717, 1.165) is 24.9 Å². The minimum atomic E-state index is -3.43. The third-order valence-corrected chi connectivity index (χ3v) is 5.68. The van der Waals surface area contributed by atoms with Crippen LogP contribution in [0.2, 0.25) is 0 Å². The zero-order valence-electron chi connectivity index (χ0n) is 12.2. The van der Waals surface area contributed by atoms with Crippen LogP contribution in [0.15, 0.2) is 29.2 Å². The maximum absolute atomic E-state index is 12.5. The van der Waals surface area contributed by atoms with Crippen LogP contribution in [-0.2, 0) is 16.6 Å². The molecule has 2 rings (SSSR count). The highest BCUT2D eigenvalue weighted by Crippen LogP contribution is 2.30. The Morgan fingerprint density at radius 1 is 1.30 bits per heavy atom. The van der Waals surface area contributed by atoms with Gasteiger partial charge in [0.15, 0.2) is 0 Å². The molecule has 0 spiro atoms. The molecule has 1 saturated carbocycles. The summed E-state index contributed by atoms with van der Waals surface area (Å²) in [6, 6.07) is 7.22. The Bertz CT molecular complexity index is 539. The summed E-state index contributed by atoms with van der Waals surface area (Å²) in [6.45, 7) is 5.37. The minimum Gasteiger partial charge on any atom is -0.313 e. The van der Waals surface area contributed by atoms with Gasteiger partial charge in [0.05, 0.1) is 4.90 Å². The Kier molecular flexibility index (Phi) is 5.18. The van der Waals surface area contributed by atoms with Crippen molar-refractivity contribution < 1.29 is 8.42 Å². The van der Waals surface area contributed by atoms with Crippen LogP contribution in [0.4, 0.5) is 0 Å². The van der Waals surface area contributed by atoms with Gasteiger partial charge in [-0.3, -0.25) is 0 Å². The fourth-order valence-corrected chi connectivity index (χ4v) is 4.07. The molecule has 1 unspecified atom stereocenters. The molecule has 0 radical (unpaired) electrons. The van der Waals surface area contributed by atoms with Gasteiger partial charge in [-0.05, 0) is 43.9 Å². The number of sulfonamides is 1. The highest BCUT2D eigenvalue weighted by atomic mass is 32.2. The number of rotatable bonds is 7. The predicted molar refractivity (Wildman–Crippen MR) is 80.9 cm³/mol. The van der Waals surface area contributed by atoms with Crippen molar-refractivity contribution >= 4 is 10.0 Å². The molecule has 20 heavy (non-hydrogen) atoms. The van der Waals surface area contributed by atoms with Crippen molar-refractivity contribution in [2.75, 3.05) is 6.54 Å². The van der Waals surface area contributed by atoms with E-state index in [2.05, 4.69) is 10.0 Å². The maximum atomic E-state index is 12.5. The van der Waals surface area contributed by atoms with E-state index in [1.54, 1.807) is 12.1 Å². The Labute approximate surface area is 122 Å². The van der Waals surface area contributed by atoms with Crippen molar-refractivity contribution in [2.45, 2.75) is 50.6 Å². The third-order valence-electron chi connectivity index (χ3n) is 4.03. The molecule has 4 nitrogen and oxygen atoms in total. The molecule has 1 fully saturated rings. The van der Waals surface area contributed by atoms with Crippen molar-refractivity contribution in [3.8, 4) is 0 Å². The van der Waals surface area contributed by atoms with Gasteiger partial charge in [0, 0.05) is 12.6 Å². The second-order valence-corrected chi connectivity index (χ2v) is 7.17. The molecule has 0 aromatic heterocycles. The number of nitrogens with one attached hydrogen (secondary N) is 2. The van der Waals surface area contributed by atoms with Crippen LogP contribution < -0.4 is 10.0 Å². The molecular weight excluding hydrogens is 272 g/mol. The standard InChI is InChI=1S/C15H24N2O2S/c1-3-16-11-14-7-4-5-10-15(14)20(18,19)17-12(2)13-8-6-9-13/h4-5,7,10,12-13,16-17H,3,6,8-9,11H2,1-2H3. The van der Waals surface area contributed by atoms with Gasteiger partial charge in [0.25, 0.3) is 0 Å². The smallest absolute Gasteiger partial charge is 0.241 e. The number of benzene rings is 1. The van der Waals surface area contributed by atoms with Crippen molar-refractivity contribution in [2.24, 2.45) is 5.92 Å². The molecule has 0 saturated heterocycles. The summed E-state index contributed by atoms with van der Waals surface area (Å²) in [5.41, 5.74) is 0.822. The average molecular weight is 296 g/mol. The van der Waals surface area contributed by atoms with E-state index in [4.69, 9.17) is 0 Å². The number of hydrogen-bond acceptors (Lipinski definition) is 3. The fourth-order valence-electron chi connectivity index (χ4n) is 2.52. The first kappa shape index (κ1) is 15.5. The quantitative estimate of drug-likeness (QED) is 0.811. The van der Waals surface area contributed by atoms with Gasteiger partial charge < -0.3 is 5.32 Å². The maximum Gasteiger partial charge on any atom is 0.241 e. The zero-order valence-corrected chi connectivity index (χ0v) is 13.0. The monoisotopic (exact) mass is 296 g/mol. The van der Waals surface area contributed by atoms with E-state index in [0.29, 0.717) is 17.4 Å². The lowest BCUT2D eigenvalue weighted by Crippen LogP contribution is -2.41. The first-order valence-corrected chi connectivity index (χ1v) is 8.84. The SMILES string of the molecule is CCNCc1ccccc1S(=O)(=O)NC(C)C1CCC1. The lowest BCUT2D eigenvalue weighted by atomic mass is 9.81. The molecule has 1 atom stereocenters. The molecule has 1 aromatic carbocycles. The summed E-state index contributed by atoms with van der Waals surface area (Å²) in [4.78, 5) is 0.395. The van der Waals surface area contributed by atoms with Gasteiger partial charge in [0.2, 0.25) is 10.0 Å². The predicted octanol–water partition coefficient (Wildman–Crippen LogP) is 2.26. The molecule has 1 aromatic rings. The average Bonchev–Trinajstić information content (AvgIpc) is 2.33. The molecule has 0 heterocycles. The summed E-state index contributed by atoms with van der Waals surface area (Å²) in [5, 5.41) is 3.18. The molecule has 5 heteroatoms. The van der Waals surface area contributed by atoms with Crippen LogP contribution in [0.1, 0.15) is 38.7 Å². The zero-order chi connectivity index (χ0) is 14.6. The van der Waals surface area contributed by atoms with Gasteiger partial charge in [-0.25, -0.2) is 13.1 Å². The highest BCUT2D eigenvalue weighted by molar-refractivity contribution is 7.89. The van der Waals surface area contributed by atoms with Gasteiger partial charge in [-0.1, -0.05) is 31.5 Å². The van der Waals surface area contributed by atoms with Crippen LogP contribution in [0.5, 0.6) is 0 Å². The Hall–Kier alpha value is -0.910. The van der Waals surface area contributed by atoms with Crippen molar-refractivity contribution in [1.29, 1.82) is 0 Å². The largest absolute Gasteiger partial charge is 0.313 e. The second-order valence-electron chi connectivity index (χ2n) is 5.49. The van der Waals surface area contributed by atoms with Gasteiger partial charge >= 0.3 is 0 Å². The van der Waals surface area contributed by atoms with Crippen LogP contribution >= 0.6 is 0 Å². The summed E-state index contributed by atoms with van der Waals surface area (Å²) < 4.78 is 27.9. The first-order chi connectivity index (χ1) is 9.54. The topological polar surface area (TPSA) is 58.2 Å². The van der Waals surface area contributed by atoms with Crippen molar-refractivity contribution in [3.05, 3.63) is 29.8 Å². The molecule has 112 valence electrons. The lowest BCUT2D eigenvalue weighted by molar-refractivity contribution is 0.260. The Morgan fingerprint density at radius 3 is 2.60 bits per heavy atom. The van der Waals surface area contributed by atoms with Crippen LogP contribution in [0.3, 0.4) is 0 Å². The molecule has 0 aliphatic heterocycles. The molecule has 0 amide bonds. The summed E-state index contributed by atoms with van der Waals surface area (Å²) in [5.74, 6) is 0.491. The van der Waals surface area contributed by atoms with E-state index in [1.807, 2.05) is 26.0 Å². The molecule has 2 N–H and O–H groups in total. The van der Waals surface area contributed by atoms with E-state index < -0.39 is 10.0 Å². The minimum absolute atomic E-state index is 0.0148. The van der Waals surface area contributed by atoms with Gasteiger partial charge in [-0.15, -0.1) is 0 Å². The van der Waals surface area contributed by atoms with E-state index in [-0.39, 0.29) is 6.04 Å². The first-order valence-electron chi connectivity index (χ1n) is 7.35. The molecule has 1 aliphatic carbocycles. The molecule has 0 bridgehead atoms. The highest BCUT2D eigenvalue weighted by Gasteiger charge is 2.28. The van der Waals surface area contributed by atoms with E-state index in [1.165, 1.54) is 6.42 Å². The van der Waals surface area contributed by atoms with E-state index in [9.17, 15) is 8.42 Å². The van der Waals surface area contributed by atoms with Crippen LogP contribution in [0.25, 0.3) is 0 Å². The summed E-state index contributed by atoms with van der Waals surface area (Å²) in [7, 11) is -3.43. The second kappa shape index (κ2) is 6.70. The molecule has 1 aliphatic rings. The Balaban J connectivity index is 2.15.